The molecule has 206 valence electrons. The summed E-state index contributed by atoms with van der Waals surface area (Å²) in [4.78, 5) is 43.3. The topological polar surface area (TPSA) is 115 Å². The number of nitrogens with one attached hydrogen (secondary N) is 2. The lowest BCUT2D eigenvalue weighted by Gasteiger charge is -2.32. The number of fused-ring (bicyclic) bond motifs is 1. The number of carbonyl (C=O) groups excluding carboxylic acids is 3. The Kier molecular flexibility index (Phi) is 8.51. The van der Waals surface area contributed by atoms with Crippen molar-refractivity contribution in [2.75, 3.05) is 24.0 Å². The van der Waals surface area contributed by atoms with Gasteiger partial charge in [-0.1, -0.05) is 36.4 Å². The average Bonchev–Trinajstić information content (AvgIpc) is 3.05. The maximum atomic E-state index is 14.3. The quantitative estimate of drug-likeness (QED) is 0.474. The minimum Gasteiger partial charge on any atom is -0.496 e. The first-order valence-corrected chi connectivity index (χ1v) is 13.1. The summed E-state index contributed by atoms with van der Waals surface area (Å²) in [6, 6.07) is 20.3. The fourth-order valence-corrected chi connectivity index (χ4v) is 4.97. The maximum Gasteiger partial charge on any atom is 0.252 e. The number of ether oxygens (including phenoxy) is 1. The van der Waals surface area contributed by atoms with E-state index in [0.29, 0.717) is 22.7 Å². The van der Waals surface area contributed by atoms with Crippen molar-refractivity contribution >= 4 is 29.1 Å². The third-order valence-electron chi connectivity index (χ3n) is 7.26. The molecule has 3 unspecified atom stereocenters. The van der Waals surface area contributed by atoms with Crippen molar-refractivity contribution in [1.29, 1.82) is 5.26 Å². The number of hydrogen-bond donors (Lipinski definition) is 2. The molecule has 9 heteroatoms. The van der Waals surface area contributed by atoms with Crippen LogP contribution in [-0.4, -0.2) is 50.0 Å². The minimum absolute atomic E-state index is 0.105. The number of methoxy groups -OCH3 is 1. The van der Waals surface area contributed by atoms with E-state index in [4.69, 9.17) is 4.74 Å². The highest BCUT2D eigenvalue weighted by Gasteiger charge is 2.42. The van der Waals surface area contributed by atoms with Crippen LogP contribution in [0.3, 0.4) is 0 Å². The molecule has 1 heterocycles. The molecule has 0 bridgehead atoms. The molecule has 0 radical (unpaired) electrons. The summed E-state index contributed by atoms with van der Waals surface area (Å²) in [5.41, 5.74) is 3.92. The Bertz CT molecular complexity index is 1470. The van der Waals surface area contributed by atoms with Crippen LogP contribution in [0, 0.1) is 11.3 Å². The number of hydrogen-bond acceptors (Lipinski definition) is 6. The Balaban J connectivity index is 1.88. The molecule has 4 rings (SSSR count). The first-order valence-electron chi connectivity index (χ1n) is 13.1. The van der Waals surface area contributed by atoms with E-state index in [-0.39, 0.29) is 24.3 Å². The van der Waals surface area contributed by atoms with E-state index in [1.54, 1.807) is 51.1 Å². The van der Waals surface area contributed by atoms with Crippen molar-refractivity contribution in [2.45, 2.75) is 45.4 Å². The number of nitriles is 1. The molecule has 40 heavy (non-hydrogen) atoms. The summed E-state index contributed by atoms with van der Waals surface area (Å²) < 4.78 is 5.66. The van der Waals surface area contributed by atoms with Crippen molar-refractivity contribution in [2.24, 2.45) is 0 Å². The minimum atomic E-state index is -1.05. The Hall–Kier alpha value is -4.68. The van der Waals surface area contributed by atoms with Crippen LogP contribution in [0.1, 0.15) is 31.9 Å². The molecule has 3 aromatic rings. The van der Waals surface area contributed by atoms with Crippen LogP contribution in [0.25, 0.3) is 11.1 Å². The molecule has 0 aliphatic carbocycles. The second kappa shape index (κ2) is 12.0. The largest absolute Gasteiger partial charge is 0.496 e. The van der Waals surface area contributed by atoms with E-state index < -0.39 is 18.1 Å². The number of likely N-dealkylation sites (N-methyl/N-ethyl adjacent to an activating group) is 1. The highest BCUT2D eigenvalue weighted by atomic mass is 16.5. The van der Waals surface area contributed by atoms with Gasteiger partial charge in [0.05, 0.1) is 48.7 Å². The van der Waals surface area contributed by atoms with Crippen LogP contribution in [0.5, 0.6) is 5.75 Å². The van der Waals surface area contributed by atoms with Crippen LogP contribution in [0.2, 0.25) is 0 Å². The molecule has 3 aromatic carbocycles. The molecule has 0 fully saturated rings. The monoisotopic (exact) mass is 539 g/mol. The van der Waals surface area contributed by atoms with E-state index in [9.17, 15) is 19.6 Å². The van der Waals surface area contributed by atoms with Crippen molar-refractivity contribution < 1.29 is 19.1 Å². The fraction of sp³-hybridized carbons (Fsp3) is 0.290. The van der Waals surface area contributed by atoms with Crippen molar-refractivity contribution in [3.63, 3.8) is 0 Å². The first-order chi connectivity index (χ1) is 19.2. The maximum absolute atomic E-state index is 14.3. The Morgan fingerprint density at radius 1 is 1.05 bits per heavy atom. The van der Waals surface area contributed by atoms with E-state index in [0.717, 1.165) is 16.7 Å². The third-order valence-corrected chi connectivity index (χ3v) is 7.26. The van der Waals surface area contributed by atoms with Gasteiger partial charge in [0.25, 0.3) is 5.91 Å². The number of carbonyl (C=O) groups is 3. The molecule has 0 spiro atoms. The van der Waals surface area contributed by atoms with Gasteiger partial charge in [0.1, 0.15) is 11.8 Å². The molecule has 0 saturated heterocycles. The Morgan fingerprint density at radius 2 is 1.77 bits per heavy atom. The van der Waals surface area contributed by atoms with Gasteiger partial charge in [0.15, 0.2) is 0 Å². The van der Waals surface area contributed by atoms with Gasteiger partial charge in [-0.25, -0.2) is 0 Å². The molecule has 2 N–H and O–H groups in total. The fourth-order valence-electron chi connectivity index (χ4n) is 4.97. The second-order valence-electron chi connectivity index (χ2n) is 9.76. The molecule has 1 aliphatic rings. The lowest BCUT2D eigenvalue weighted by Crippen LogP contribution is -2.59. The number of amides is 3. The number of nitrogens with zero attached hydrogens (tertiary/aromatic N) is 3. The van der Waals surface area contributed by atoms with Crippen LogP contribution < -0.4 is 25.2 Å². The Morgan fingerprint density at radius 3 is 2.40 bits per heavy atom. The highest BCUT2D eigenvalue weighted by molar-refractivity contribution is 6.08. The van der Waals surface area contributed by atoms with Crippen LogP contribution in [-0.2, 0) is 20.9 Å². The van der Waals surface area contributed by atoms with Crippen LogP contribution >= 0.6 is 0 Å². The Labute approximate surface area is 234 Å². The van der Waals surface area contributed by atoms with Gasteiger partial charge < -0.3 is 25.2 Å². The standard InChI is InChI=1S/C31H33N5O4/c1-19(33-4)30(38)34-29-20(2)36(21(3)37)27-15-22(17-32)11-13-26(27)35(31(29)39)18-25-16-24(12-14-28(25)40-5)23-9-7-6-8-10-23/h6-16,19-20,29,33H,18H2,1-5H3,(H,34,38). The molecule has 3 atom stereocenters. The SMILES string of the molecule is CNC(C)C(=O)NC1C(=O)N(Cc2cc(-c3ccccc3)ccc2OC)c2ccc(C#N)cc2N(C(C)=O)C1C. The highest BCUT2D eigenvalue weighted by Crippen LogP contribution is 2.38. The summed E-state index contributed by atoms with van der Waals surface area (Å²) in [6.45, 7) is 4.92. The van der Waals surface area contributed by atoms with Gasteiger partial charge in [0, 0.05) is 12.5 Å². The summed E-state index contributed by atoms with van der Waals surface area (Å²) in [5, 5.41) is 15.3. The summed E-state index contributed by atoms with van der Waals surface area (Å²) in [7, 11) is 3.22. The van der Waals surface area contributed by atoms with Gasteiger partial charge in [-0.3, -0.25) is 14.4 Å². The van der Waals surface area contributed by atoms with E-state index >= 15 is 0 Å². The summed E-state index contributed by atoms with van der Waals surface area (Å²) in [6.07, 6.45) is 0. The number of rotatable bonds is 7. The summed E-state index contributed by atoms with van der Waals surface area (Å²) in [5.74, 6) is -0.481. The molecular weight excluding hydrogens is 506 g/mol. The van der Waals surface area contributed by atoms with E-state index in [1.807, 2.05) is 48.5 Å². The van der Waals surface area contributed by atoms with Gasteiger partial charge in [-0.2, -0.15) is 5.26 Å². The van der Waals surface area contributed by atoms with Crippen molar-refractivity contribution in [3.05, 3.63) is 77.9 Å². The zero-order valence-electron chi connectivity index (χ0n) is 23.3. The predicted octanol–water partition coefficient (Wildman–Crippen LogP) is 3.61. The van der Waals surface area contributed by atoms with Gasteiger partial charge in [-0.05, 0) is 62.4 Å². The third kappa shape index (κ3) is 5.53. The number of anilines is 2. The lowest BCUT2D eigenvalue weighted by molar-refractivity contribution is -0.129. The molecular formula is C31H33N5O4. The second-order valence-corrected chi connectivity index (χ2v) is 9.76. The number of benzene rings is 3. The lowest BCUT2D eigenvalue weighted by atomic mass is 10.0. The molecule has 9 nitrogen and oxygen atoms in total. The molecule has 1 aliphatic heterocycles. The van der Waals surface area contributed by atoms with E-state index in [2.05, 4.69) is 16.7 Å². The summed E-state index contributed by atoms with van der Waals surface area (Å²) >= 11 is 0. The van der Waals surface area contributed by atoms with Gasteiger partial charge in [0.2, 0.25) is 11.8 Å². The van der Waals surface area contributed by atoms with Crippen molar-refractivity contribution in [1.82, 2.24) is 10.6 Å². The zero-order valence-corrected chi connectivity index (χ0v) is 23.3. The van der Waals surface area contributed by atoms with Crippen molar-refractivity contribution in [3.8, 4) is 22.9 Å². The molecule has 0 aromatic heterocycles. The van der Waals surface area contributed by atoms with E-state index in [1.165, 1.54) is 11.8 Å². The first kappa shape index (κ1) is 28.3. The molecule has 0 saturated carbocycles. The normalized spacial score (nSPS) is 17.4. The van der Waals surface area contributed by atoms with Gasteiger partial charge >= 0.3 is 0 Å². The van der Waals surface area contributed by atoms with Crippen LogP contribution in [0.15, 0.2) is 66.7 Å². The zero-order chi connectivity index (χ0) is 29.0. The van der Waals surface area contributed by atoms with Crippen LogP contribution in [0.4, 0.5) is 11.4 Å². The smallest absolute Gasteiger partial charge is 0.252 e. The molecule has 3 amide bonds. The predicted molar refractivity (Wildman–Crippen MR) is 154 cm³/mol. The average molecular weight is 540 g/mol. The van der Waals surface area contributed by atoms with Gasteiger partial charge in [-0.15, -0.1) is 0 Å².